The second-order valence-corrected chi connectivity index (χ2v) is 8.27. The van der Waals surface area contributed by atoms with Gasteiger partial charge in [0.05, 0.1) is 6.54 Å². The van der Waals surface area contributed by atoms with Crippen molar-refractivity contribution in [3.63, 3.8) is 0 Å². The molecular weight excluding hydrogens is 380 g/mol. The number of guanidine groups is 1. The second-order valence-electron chi connectivity index (χ2n) is 7.17. The molecule has 2 aromatic rings. The van der Waals surface area contributed by atoms with Crippen molar-refractivity contribution in [1.29, 1.82) is 0 Å². The van der Waals surface area contributed by atoms with Crippen LogP contribution in [0, 0.1) is 5.92 Å². The summed E-state index contributed by atoms with van der Waals surface area (Å²) in [7, 11) is 1.65. The molecule has 29 heavy (non-hydrogen) atoms. The Kier molecular flexibility index (Phi) is 7.99. The van der Waals surface area contributed by atoms with Gasteiger partial charge in [-0.25, -0.2) is 4.99 Å². The molecule has 0 radical (unpaired) electrons. The molecule has 0 aliphatic carbocycles. The van der Waals surface area contributed by atoms with E-state index in [9.17, 15) is 4.79 Å². The van der Waals surface area contributed by atoms with Gasteiger partial charge in [-0.1, -0.05) is 30.3 Å². The molecule has 1 amide bonds. The summed E-state index contributed by atoms with van der Waals surface area (Å²) in [5.41, 5.74) is 1.71. The van der Waals surface area contributed by atoms with Crippen LogP contribution in [-0.4, -0.2) is 49.2 Å². The van der Waals surface area contributed by atoms with Crippen LogP contribution in [-0.2, 0) is 6.54 Å². The van der Waals surface area contributed by atoms with Gasteiger partial charge in [0.2, 0.25) is 0 Å². The van der Waals surface area contributed by atoms with E-state index in [1.807, 2.05) is 36.0 Å². The molecule has 1 aliphatic rings. The van der Waals surface area contributed by atoms with E-state index in [2.05, 4.69) is 52.8 Å². The second kappa shape index (κ2) is 10.9. The van der Waals surface area contributed by atoms with Crippen molar-refractivity contribution in [3.05, 3.63) is 65.7 Å². The summed E-state index contributed by atoms with van der Waals surface area (Å²) in [6.45, 7) is 5.57. The van der Waals surface area contributed by atoms with Crippen LogP contribution < -0.4 is 10.6 Å². The molecule has 1 saturated heterocycles. The summed E-state index contributed by atoms with van der Waals surface area (Å²) in [5.74, 6) is 2.69. The third kappa shape index (κ3) is 6.26. The van der Waals surface area contributed by atoms with E-state index in [1.165, 1.54) is 11.3 Å². The van der Waals surface area contributed by atoms with Crippen molar-refractivity contribution >= 4 is 23.6 Å². The molecule has 0 spiro atoms. The first-order valence-electron chi connectivity index (χ1n) is 10.2. The van der Waals surface area contributed by atoms with Crippen molar-refractivity contribution in [2.24, 2.45) is 10.9 Å². The Morgan fingerprint density at radius 1 is 1.21 bits per heavy atom. The molecule has 1 unspecified atom stereocenters. The van der Waals surface area contributed by atoms with E-state index >= 15 is 0 Å². The van der Waals surface area contributed by atoms with Crippen LogP contribution in [0.25, 0.3) is 0 Å². The highest BCUT2D eigenvalue weighted by Crippen LogP contribution is 2.26. The predicted octanol–water partition coefficient (Wildman–Crippen LogP) is 3.63. The highest BCUT2D eigenvalue weighted by atomic mass is 32.2. The van der Waals surface area contributed by atoms with Crippen molar-refractivity contribution in [3.8, 4) is 0 Å². The molecule has 2 N–H and O–H groups in total. The van der Waals surface area contributed by atoms with Gasteiger partial charge in [0.1, 0.15) is 0 Å². The van der Waals surface area contributed by atoms with Gasteiger partial charge in [0.15, 0.2) is 5.96 Å². The number of nitrogens with zero attached hydrogens (tertiary/aromatic N) is 2. The monoisotopic (exact) mass is 410 g/mol. The maximum atomic E-state index is 11.8. The molecular formula is C23H30N4OS. The van der Waals surface area contributed by atoms with Crippen LogP contribution in [0.1, 0.15) is 29.3 Å². The van der Waals surface area contributed by atoms with Crippen molar-refractivity contribution in [1.82, 2.24) is 15.5 Å². The number of hydrogen-bond donors (Lipinski definition) is 2. The standard InChI is InChI=1S/C23H30N4OS/c1-3-25-23(26-15-18-8-7-9-20(14-18)22(28)24-2)27-13-12-19(16-27)17-29-21-10-5-4-6-11-21/h4-11,14,19H,3,12-13,15-17H2,1-2H3,(H,24,28)(H,25,26). The molecule has 3 rings (SSSR count). The van der Waals surface area contributed by atoms with Gasteiger partial charge in [-0.15, -0.1) is 11.8 Å². The van der Waals surface area contributed by atoms with Gasteiger partial charge in [0.25, 0.3) is 5.91 Å². The van der Waals surface area contributed by atoms with E-state index in [4.69, 9.17) is 4.99 Å². The fourth-order valence-corrected chi connectivity index (χ4v) is 4.49. The van der Waals surface area contributed by atoms with Gasteiger partial charge in [-0.3, -0.25) is 4.79 Å². The Morgan fingerprint density at radius 2 is 2.03 bits per heavy atom. The van der Waals surface area contributed by atoms with Crippen LogP contribution in [0.4, 0.5) is 0 Å². The lowest BCUT2D eigenvalue weighted by Gasteiger charge is -2.21. The van der Waals surface area contributed by atoms with E-state index in [0.717, 1.165) is 36.9 Å². The molecule has 2 aromatic carbocycles. The number of thioether (sulfide) groups is 1. The van der Waals surface area contributed by atoms with E-state index in [1.54, 1.807) is 7.05 Å². The lowest BCUT2D eigenvalue weighted by Crippen LogP contribution is -2.40. The SMILES string of the molecule is CCNC(=NCc1cccc(C(=O)NC)c1)N1CCC(CSc2ccccc2)C1. The number of benzene rings is 2. The number of rotatable bonds is 7. The van der Waals surface area contributed by atoms with Gasteiger partial charge >= 0.3 is 0 Å². The summed E-state index contributed by atoms with van der Waals surface area (Å²) in [6, 6.07) is 18.3. The average Bonchev–Trinajstić information content (AvgIpc) is 3.24. The third-order valence-electron chi connectivity index (χ3n) is 4.98. The first-order valence-corrected chi connectivity index (χ1v) is 11.2. The highest BCUT2D eigenvalue weighted by Gasteiger charge is 2.24. The lowest BCUT2D eigenvalue weighted by molar-refractivity contribution is 0.0963. The topological polar surface area (TPSA) is 56.7 Å². The molecule has 1 aliphatic heterocycles. The molecule has 1 fully saturated rings. The van der Waals surface area contributed by atoms with Crippen molar-refractivity contribution in [2.45, 2.75) is 24.8 Å². The Morgan fingerprint density at radius 3 is 2.79 bits per heavy atom. The largest absolute Gasteiger partial charge is 0.357 e. The Labute approximate surface area is 178 Å². The molecule has 0 bridgehead atoms. The molecule has 1 heterocycles. The Bertz CT molecular complexity index is 825. The van der Waals surface area contributed by atoms with Crippen LogP contribution in [0.3, 0.4) is 0 Å². The molecule has 0 aromatic heterocycles. The molecule has 6 heteroatoms. The summed E-state index contributed by atoms with van der Waals surface area (Å²) >= 11 is 1.94. The van der Waals surface area contributed by atoms with Crippen LogP contribution in [0.2, 0.25) is 0 Å². The smallest absolute Gasteiger partial charge is 0.251 e. The fourth-order valence-electron chi connectivity index (χ4n) is 3.44. The van der Waals surface area contributed by atoms with E-state index in [-0.39, 0.29) is 5.91 Å². The van der Waals surface area contributed by atoms with Crippen LogP contribution >= 0.6 is 11.8 Å². The van der Waals surface area contributed by atoms with Crippen LogP contribution in [0.5, 0.6) is 0 Å². The minimum absolute atomic E-state index is 0.0685. The predicted molar refractivity (Wildman–Crippen MR) is 121 cm³/mol. The fraction of sp³-hybridized carbons (Fsp3) is 0.391. The van der Waals surface area contributed by atoms with E-state index in [0.29, 0.717) is 18.0 Å². The molecule has 1 atom stereocenters. The Balaban J connectivity index is 1.58. The summed E-state index contributed by atoms with van der Waals surface area (Å²) in [4.78, 5) is 20.4. The third-order valence-corrected chi connectivity index (χ3v) is 6.22. The maximum Gasteiger partial charge on any atom is 0.251 e. The average molecular weight is 411 g/mol. The van der Waals surface area contributed by atoms with Gasteiger partial charge in [-0.05, 0) is 49.1 Å². The number of carbonyl (C=O) groups is 1. The van der Waals surface area contributed by atoms with Crippen molar-refractivity contribution in [2.75, 3.05) is 32.4 Å². The Hall–Kier alpha value is -2.47. The van der Waals surface area contributed by atoms with Crippen molar-refractivity contribution < 1.29 is 4.79 Å². The maximum absolute atomic E-state index is 11.8. The number of likely N-dealkylation sites (tertiary alicyclic amines) is 1. The summed E-state index contributed by atoms with van der Waals surface area (Å²) in [6.07, 6.45) is 1.19. The van der Waals surface area contributed by atoms with E-state index < -0.39 is 0 Å². The number of amides is 1. The summed E-state index contributed by atoms with van der Waals surface area (Å²) in [5, 5.41) is 6.10. The highest BCUT2D eigenvalue weighted by molar-refractivity contribution is 7.99. The minimum atomic E-state index is -0.0685. The van der Waals surface area contributed by atoms with Gasteiger partial charge < -0.3 is 15.5 Å². The number of nitrogens with one attached hydrogen (secondary N) is 2. The molecule has 154 valence electrons. The zero-order valence-electron chi connectivity index (χ0n) is 17.2. The summed E-state index contributed by atoms with van der Waals surface area (Å²) < 4.78 is 0. The molecule has 5 nitrogen and oxygen atoms in total. The first-order chi connectivity index (χ1) is 14.2. The van der Waals surface area contributed by atoms with Crippen LogP contribution in [0.15, 0.2) is 64.5 Å². The lowest BCUT2D eigenvalue weighted by atomic mass is 10.1. The minimum Gasteiger partial charge on any atom is -0.357 e. The number of hydrogen-bond acceptors (Lipinski definition) is 3. The number of carbonyl (C=O) groups excluding carboxylic acids is 1. The van der Waals surface area contributed by atoms with Gasteiger partial charge in [0, 0.05) is 42.9 Å². The quantitative estimate of drug-likeness (QED) is 0.416. The number of aliphatic imine (C=N–C) groups is 1. The first kappa shape index (κ1) is 21.2. The normalized spacial score (nSPS) is 16.7. The van der Waals surface area contributed by atoms with Gasteiger partial charge in [-0.2, -0.15) is 0 Å². The molecule has 0 saturated carbocycles. The zero-order chi connectivity index (χ0) is 20.5. The zero-order valence-corrected chi connectivity index (χ0v) is 18.0.